The molecule has 0 aliphatic heterocycles. The maximum absolute atomic E-state index is 4.30. The van der Waals surface area contributed by atoms with E-state index in [-0.39, 0.29) is 0 Å². The first-order valence-corrected chi connectivity index (χ1v) is 4.62. The molecule has 0 unspecified atom stereocenters. The molecule has 0 aromatic carbocycles. The number of pyridine rings is 1. The van der Waals surface area contributed by atoms with Gasteiger partial charge >= 0.3 is 0 Å². The van der Waals surface area contributed by atoms with E-state index in [2.05, 4.69) is 48.7 Å². The Labute approximate surface area is 78.2 Å². The molecule has 0 spiro atoms. The fourth-order valence-electron chi connectivity index (χ4n) is 1.71. The summed E-state index contributed by atoms with van der Waals surface area (Å²) >= 11 is 0. The van der Waals surface area contributed by atoms with E-state index in [1.54, 1.807) is 0 Å². The molecule has 0 aliphatic carbocycles. The van der Waals surface area contributed by atoms with Crippen molar-refractivity contribution in [2.45, 2.75) is 26.8 Å². The second kappa shape index (κ2) is 2.87. The normalized spacial score (nSPS) is 11.4. The molecule has 0 amide bonds. The van der Waals surface area contributed by atoms with Gasteiger partial charge in [-0.1, -0.05) is 0 Å². The van der Waals surface area contributed by atoms with Crippen LogP contribution in [-0.4, -0.2) is 9.55 Å². The van der Waals surface area contributed by atoms with Crippen LogP contribution in [0.1, 0.15) is 25.6 Å². The molecule has 2 heterocycles. The van der Waals surface area contributed by atoms with Crippen LogP contribution in [0.5, 0.6) is 0 Å². The van der Waals surface area contributed by atoms with E-state index in [1.165, 1.54) is 10.9 Å². The summed E-state index contributed by atoms with van der Waals surface area (Å²) in [6, 6.07) is 4.70. The Hall–Kier alpha value is -1.31. The fraction of sp³-hybridized carbons (Fsp3) is 0.364. The van der Waals surface area contributed by atoms with E-state index in [0.29, 0.717) is 6.04 Å². The predicted molar refractivity (Wildman–Crippen MR) is 54.9 cm³/mol. The van der Waals surface area contributed by atoms with Gasteiger partial charge in [-0.3, -0.25) is 4.98 Å². The fourth-order valence-corrected chi connectivity index (χ4v) is 1.71. The van der Waals surface area contributed by atoms with Crippen LogP contribution < -0.4 is 0 Å². The van der Waals surface area contributed by atoms with Crippen LogP contribution in [-0.2, 0) is 0 Å². The van der Waals surface area contributed by atoms with Crippen LogP contribution in [0.3, 0.4) is 0 Å². The van der Waals surface area contributed by atoms with Crippen LogP contribution >= 0.6 is 0 Å². The minimum absolute atomic E-state index is 0.500. The largest absolute Gasteiger partial charge is 0.344 e. The predicted octanol–water partition coefficient (Wildman–Crippen LogP) is 2.93. The second-order valence-corrected chi connectivity index (χ2v) is 3.65. The Morgan fingerprint density at radius 2 is 2.08 bits per heavy atom. The van der Waals surface area contributed by atoms with E-state index in [4.69, 9.17) is 0 Å². The molecule has 0 bridgehead atoms. The van der Waals surface area contributed by atoms with Crippen molar-refractivity contribution in [1.29, 1.82) is 0 Å². The van der Waals surface area contributed by atoms with Gasteiger partial charge in [-0.2, -0.15) is 0 Å². The number of nitrogens with zero attached hydrogens (tertiary/aromatic N) is 2. The summed E-state index contributed by atoms with van der Waals surface area (Å²) in [6.45, 7) is 6.43. The van der Waals surface area contributed by atoms with Gasteiger partial charge in [0, 0.05) is 23.8 Å². The van der Waals surface area contributed by atoms with E-state index >= 15 is 0 Å². The van der Waals surface area contributed by atoms with Gasteiger partial charge < -0.3 is 4.57 Å². The third-order valence-corrected chi connectivity index (χ3v) is 2.37. The number of hydrogen-bond donors (Lipinski definition) is 0. The number of aromatic nitrogens is 2. The molecule has 2 rings (SSSR count). The zero-order chi connectivity index (χ0) is 9.42. The molecule has 0 saturated carbocycles. The molecule has 2 aromatic rings. The van der Waals surface area contributed by atoms with Crippen LogP contribution in [0.25, 0.3) is 10.9 Å². The van der Waals surface area contributed by atoms with E-state index in [0.717, 1.165) is 5.69 Å². The van der Waals surface area contributed by atoms with Crippen molar-refractivity contribution < 1.29 is 0 Å². The molecule has 0 radical (unpaired) electrons. The number of fused-ring (bicyclic) bond motifs is 1. The molecule has 68 valence electrons. The molecule has 2 nitrogen and oxygen atoms in total. The van der Waals surface area contributed by atoms with Gasteiger partial charge in [-0.15, -0.1) is 0 Å². The molecule has 2 aromatic heterocycles. The third-order valence-electron chi connectivity index (χ3n) is 2.37. The summed E-state index contributed by atoms with van der Waals surface area (Å²) in [5, 5.41) is 1.28. The highest BCUT2D eigenvalue weighted by molar-refractivity contribution is 5.81. The first kappa shape index (κ1) is 8.30. The Bertz CT molecular complexity index is 427. The Morgan fingerprint density at radius 3 is 2.77 bits per heavy atom. The van der Waals surface area contributed by atoms with Crippen LogP contribution in [0.2, 0.25) is 0 Å². The first-order chi connectivity index (χ1) is 6.20. The monoisotopic (exact) mass is 174 g/mol. The number of hydrogen-bond acceptors (Lipinski definition) is 1. The average Bonchev–Trinajstić information content (AvgIpc) is 2.49. The maximum Gasteiger partial charge on any atom is 0.0698 e. The summed E-state index contributed by atoms with van der Waals surface area (Å²) in [7, 11) is 0. The SMILES string of the molecule is Cc1nccc2ccn(C(C)C)c12. The minimum atomic E-state index is 0.500. The van der Waals surface area contributed by atoms with E-state index < -0.39 is 0 Å². The lowest BCUT2D eigenvalue weighted by Gasteiger charge is -2.10. The molecular formula is C11H14N2. The number of aryl methyl sites for hydroxylation is 1. The van der Waals surface area contributed by atoms with Crippen molar-refractivity contribution in [2.75, 3.05) is 0 Å². The quantitative estimate of drug-likeness (QED) is 0.650. The lowest BCUT2D eigenvalue weighted by molar-refractivity contribution is 0.621. The molecular weight excluding hydrogens is 160 g/mol. The van der Waals surface area contributed by atoms with Gasteiger partial charge in [0.05, 0.1) is 11.2 Å². The number of rotatable bonds is 1. The molecule has 0 atom stereocenters. The Morgan fingerprint density at radius 1 is 1.31 bits per heavy atom. The molecule has 0 saturated heterocycles. The topological polar surface area (TPSA) is 17.8 Å². The van der Waals surface area contributed by atoms with Crippen LogP contribution in [0.4, 0.5) is 0 Å². The molecule has 2 heteroatoms. The Balaban J connectivity index is 2.79. The van der Waals surface area contributed by atoms with Gasteiger partial charge in [0.1, 0.15) is 0 Å². The van der Waals surface area contributed by atoms with Gasteiger partial charge in [0.15, 0.2) is 0 Å². The first-order valence-electron chi connectivity index (χ1n) is 4.62. The Kier molecular flexibility index (Phi) is 1.83. The van der Waals surface area contributed by atoms with Crippen molar-refractivity contribution in [3.63, 3.8) is 0 Å². The summed E-state index contributed by atoms with van der Waals surface area (Å²) in [4.78, 5) is 4.30. The van der Waals surface area contributed by atoms with Crippen molar-refractivity contribution in [3.8, 4) is 0 Å². The van der Waals surface area contributed by atoms with Gasteiger partial charge in [0.25, 0.3) is 0 Å². The van der Waals surface area contributed by atoms with Crippen LogP contribution in [0.15, 0.2) is 24.5 Å². The second-order valence-electron chi connectivity index (χ2n) is 3.65. The van der Waals surface area contributed by atoms with Gasteiger partial charge in [-0.05, 0) is 32.9 Å². The zero-order valence-corrected chi connectivity index (χ0v) is 8.28. The van der Waals surface area contributed by atoms with E-state index in [1.807, 2.05) is 6.20 Å². The molecule has 13 heavy (non-hydrogen) atoms. The zero-order valence-electron chi connectivity index (χ0n) is 8.28. The highest BCUT2D eigenvalue weighted by Crippen LogP contribution is 2.21. The van der Waals surface area contributed by atoms with Crippen molar-refractivity contribution in [1.82, 2.24) is 9.55 Å². The lowest BCUT2D eigenvalue weighted by Crippen LogP contribution is -1.99. The smallest absolute Gasteiger partial charge is 0.0698 e. The molecule has 0 fully saturated rings. The summed E-state index contributed by atoms with van der Waals surface area (Å²) < 4.78 is 2.26. The summed E-state index contributed by atoms with van der Waals surface area (Å²) in [6.07, 6.45) is 3.99. The molecule has 0 aliphatic rings. The van der Waals surface area contributed by atoms with Crippen molar-refractivity contribution in [3.05, 3.63) is 30.2 Å². The van der Waals surface area contributed by atoms with Gasteiger partial charge in [0.2, 0.25) is 0 Å². The highest BCUT2D eigenvalue weighted by atomic mass is 15.0. The molecule has 0 N–H and O–H groups in total. The summed E-state index contributed by atoms with van der Waals surface area (Å²) in [5.74, 6) is 0. The van der Waals surface area contributed by atoms with Gasteiger partial charge in [-0.25, -0.2) is 0 Å². The standard InChI is InChI=1S/C11H14N2/c1-8(2)13-7-5-10-4-6-12-9(3)11(10)13/h4-8H,1-3H3. The average molecular weight is 174 g/mol. The lowest BCUT2D eigenvalue weighted by atomic mass is 10.2. The van der Waals surface area contributed by atoms with Crippen molar-refractivity contribution in [2.24, 2.45) is 0 Å². The summed E-state index contributed by atoms with van der Waals surface area (Å²) in [5.41, 5.74) is 2.37. The minimum Gasteiger partial charge on any atom is -0.344 e. The highest BCUT2D eigenvalue weighted by Gasteiger charge is 2.05. The van der Waals surface area contributed by atoms with Crippen LogP contribution in [0, 0.1) is 6.92 Å². The third kappa shape index (κ3) is 1.22. The van der Waals surface area contributed by atoms with E-state index in [9.17, 15) is 0 Å². The van der Waals surface area contributed by atoms with Crippen molar-refractivity contribution >= 4 is 10.9 Å². The maximum atomic E-state index is 4.30.